The van der Waals surface area contributed by atoms with Crippen molar-refractivity contribution in [3.63, 3.8) is 0 Å². The Balaban J connectivity index is 1.22. The number of para-hydroxylation sites is 1. The quantitative estimate of drug-likeness (QED) is 0.392. The molecule has 4 heterocycles. The van der Waals surface area contributed by atoms with E-state index < -0.39 is 5.82 Å². The summed E-state index contributed by atoms with van der Waals surface area (Å²) in [5.41, 5.74) is 3.21. The second kappa shape index (κ2) is 10.8. The number of likely N-dealkylation sites (tertiary alicyclic amines) is 1. The number of piperidine rings is 1. The van der Waals surface area contributed by atoms with Gasteiger partial charge in [-0.3, -0.25) is 9.88 Å². The van der Waals surface area contributed by atoms with Crippen LogP contribution in [0.25, 0.3) is 28.5 Å². The molecule has 194 valence electrons. The van der Waals surface area contributed by atoms with Crippen molar-refractivity contribution in [2.45, 2.75) is 25.2 Å². The molecule has 1 saturated heterocycles. The van der Waals surface area contributed by atoms with Crippen LogP contribution >= 0.6 is 0 Å². The maximum atomic E-state index is 14.7. The first-order valence-electron chi connectivity index (χ1n) is 12.8. The van der Waals surface area contributed by atoms with E-state index in [9.17, 15) is 9.50 Å². The lowest BCUT2D eigenvalue weighted by molar-refractivity contribution is 0.138. The Labute approximate surface area is 219 Å². The molecule has 2 aliphatic rings. The summed E-state index contributed by atoms with van der Waals surface area (Å²) in [6, 6.07) is 10.0. The highest BCUT2D eigenvalue weighted by atomic mass is 19.1. The highest BCUT2D eigenvalue weighted by Crippen LogP contribution is 2.33. The number of rotatable bonds is 7. The highest BCUT2D eigenvalue weighted by molar-refractivity contribution is 5.75. The number of nitrogens with zero attached hydrogens (tertiary/aromatic N) is 7. The largest absolute Gasteiger partial charge is 0.396 e. The molecule has 0 spiro atoms. The van der Waals surface area contributed by atoms with Gasteiger partial charge in [-0.15, -0.1) is 5.10 Å². The predicted octanol–water partition coefficient (Wildman–Crippen LogP) is 4.19. The molecule has 1 aliphatic heterocycles. The van der Waals surface area contributed by atoms with E-state index in [1.807, 2.05) is 0 Å². The lowest BCUT2D eigenvalue weighted by Gasteiger charge is -2.31. The summed E-state index contributed by atoms with van der Waals surface area (Å²) < 4.78 is 21.8. The minimum absolute atomic E-state index is 0.0117. The number of aliphatic hydroxyl groups excluding tert-OH is 1. The van der Waals surface area contributed by atoms with Crippen LogP contribution in [-0.4, -0.2) is 66.4 Å². The first-order valence-corrected chi connectivity index (χ1v) is 12.8. The smallest absolute Gasteiger partial charge is 0.280 e. The number of pyridine rings is 1. The van der Waals surface area contributed by atoms with Gasteiger partial charge in [-0.2, -0.15) is 4.98 Å². The molecule has 0 amide bonds. The van der Waals surface area contributed by atoms with Gasteiger partial charge in [-0.05, 0) is 68.1 Å². The van der Waals surface area contributed by atoms with Crippen LogP contribution in [0, 0.1) is 11.7 Å². The van der Waals surface area contributed by atoms with Crippen molar-refractivity contribution in [2.24, 2.45) is 5.92 Å². The molecule has 9 nitrogen and oxygen atoms in total. The summed E-state index contributed by atoms with van der Waals surface area (Å²) in [4.78, 5) is 11.2. The predicted molar refractivity (Wildman–Crippen MR) is 139 cm³/mol. The molecule has 0 radical (unpaired) electrons. The van der Waals surface area contributed by atoms with E-state index in [1.54, 1.807) is 42.7 Å². The Morgan fingerprint density at radius 1 is 1.08 bits per heavy atom. The number of aliphatic hydroxyl groups is 1. The van der Waals surface area contributed by atoms with Gasteiger partial charge in [0.05, 0.1) is 0 Å². The number of hydrogen-bond donors (Lipinski definition) is 1. The van der Waals surface area contributed by atoms with Crippen molar-refractivity contribution in [2.75, 3.05) is 26.2 Å². The van der Waals surface area contributed by atoms with Crippen molar-refractivity contribution in [3.05, 3.63) is 84.2 Å². The second-order valence-corrected chi connectivity index (χ2v) is 9.73. The van der Waals surface area contributed by atoms with Crippen LogP contribution in [0.3, 0.4) is 0 Å². The van der Waals surface area contributed by atoms with Gasteiger partial charge in [-0.1, -0.05) is 40.7 Å². The van der Waals surface area contributed by atoms with E-state index in [-0.39, 0.29) is 24.1 Å². The zero-order chi connectivity index (χ0) is 25.9. The standard InChI is InChI=1S/C28H28FN7O2/c29-23-3-1-2-4-24(23)36-26(21-9-13-30-14-10-21)25(32-34-36)28-31-27(33-38-28)22-7-5-19(6-8-22)17-35-15-11-20(18-37)12-16-35/h1-7,9-10,13-14,20,22,37H,8,11-12,15-18H2. The fourth-order valence-corrected chi connectivity index (χ4v) is 5.03. The van der Waals surface area contributed by atoms with Crippen LogP contribution in [-0.2, 0) is 0 Å². The molecule has 3 aromatic heterocycles. The molecule has 4 aromatic rings. The van der Waals surface area contributed by atoms with Crippen molar-refractivity contribution in [1.29, 1.82) is 0 Å². The highest BCUT2D eigenvalue weighted by Gasteiger charge is 2.26. The minimum Gasteiger partial charge on any atom is -0.396 e. The van der Waals surface area contributed by atoms with Gasteiger partial charge in [0.15, 0.2) is 11.5 Å². The van der Waals surface area contributed by atoms with Crippen molar-refractivity contribution in [3.8, 4) is 28.5 Å². The van der Waals surface area contributed by atoms with Crippen molar-refractivity contribution in [1.82, 2.24) is 35.0 Å². The lowest BCUT2D eigenvalue weighted by atomic mass is 9.94. The van der Waals surface area contributed by atoms with Gasteiger partial charge in [0.1, 0.15) is 17.2 Å². The van der Waals surface area contributed by atoms with Crippen LogP contribution in [0.1, 0.15) is 31.0 Å². The second-order valence-electron chi connectivity index (χ2n) is 9.73. The Kier molecular flexibility index (Phi) is 6.89. The molecule has 1 aliphatic carbocycles. The first kappa shape index (κ1) is 24.3. The third-order valence-corrected chi connectivity index (χ3v) is 7.23. The van der Waals surface area contributed by atoms with E-state index in [0.717, 1.165) is 44.5 Å². The fourth-order valence-electron chi connectivity index (χ4n) is 5.03. The Bertz CT molecular complexity index is 1450. The summed E-state index contributed by atoms with van der Waals surface area (Å²) in [7, 11) is 0. The van der Waals surface area contributed by atoms with E-state index in [0.29, 0.717) is 23.1 Å². The molecule has 10 heteroatoms. The third kappa shape index (κ3) is 4.92. The van der Waals surface area contributed by atoms with Gasteiger partial charge in [0, 0.05) is 37.0 Å². The van der Waals surface area contributed by atoms with E-state index in [1.165, 1.54) is 16.3 Å². The monoisotopic (exact) mass is 513 g/mol. The molecule has 0 bridgehead atoms. The van der Waals surface area contributed by atoms with Gasteiger partial charge < -0.3 is 9.63 Å². The van der Waals surface area contributed by atoms with Gasteiger partial charge >= 0.3 is 0 Å². The van der Waals surface area contributed by atoms with Crippen LogP contribution in [0.5, 0.6) is 0 Å². The maximum absolute atomic E-state index is 14.7. The molecule has 1 aromatic carbocycles. The Morgan fingerprint density at radius 3 is 2.63 bits per heavy atom. The summed E-state index contributed by atoms with van der Waals surface area (Å²) >= 11 is 0. The Morgan fingerprint density at radius 2 is 1.89 bits per heavy atom. The molecular formula is C28H28FN7O2. The third-order valence-electron chi connectivity index (χ3n) is 7.23. The number of allylic oxidation sites excluding steroid dienone is 2. The number of hydrogen-bond acceptors (Lipinski definition) is 8. The maximum Gasteiger partial charge on any atom is 0.280 e. The first-order chi connectivity index (χ1) is 18.7. The van der Waals surface area contributed by atoms with Crippen LogP contribution in [0.4, 0.5) is 4.39 Å². The summed E-state index contributed by atoms with van der Waals surface area (Å²) in [6.07, 6.45) is 12.7. The molecule has 1 atom stereocenters. The van der Waals surface area contributed by atoms with Crippen LogP contribution in [0.15, 0.2) is 77.1 Å². The SMILES string of the molecule is OCC1CCN(CC2=CCC(c3noc(-c4nnn(-c5ccccc5F)c4-c4ccncc4)n3)C=C2)CC1. The summed E-state index contributed by atoms with van der Waals surface area (Å²) in [5, 5.41) is 22.1. The Hall–Kier alpha value is -4.02. The van der Waals surface area contributed by atoms with E-state index >= 15 is 0 Å². The summed E-state index contributed by atoms with van der Waals surface area (Å²) in [5.74, 6) is 0.799. The number of halogens is 1. The molecule has 0 saturated carbocycles. The van der Waals surface area contributed by atoms with Crippen molar-refractivity contribution >= 4 is 0 Å². The topological polar surface area (TPSA) is 106 Å². The van der Waals surface area contributed by atoms with Gasteiger partial charge in [0.2, 0.25) is 0 Å². The van der Waals surface area contributed by atoms with E-state index in [4.69, 9.17) is 4.52 Å². The number of aromatic nitrogens is 6. The molecule has 38 heavy (non-hydrogen) atoms. The average molecular weight is 514 g/mol. The average Bonchev–Trinajstić information content (AvgIpc) is 3.63. The zero-order valence-corrected chi connectivity index (χ0v) is 20.8. The summed E-state index contributed by atoms with van der Waals surface area (Å²) in [6.45, 7) is 3.23. The molecular weight excluding hydrogens is 485 g/mol. The molecule has 1 unspecified atom stereocenters. The normalized spacial score (nSPS) is 18.6. The van der Waals surface area contributed by atoms with Gasteiger partial charge in [-0.25, -0.2) is 9.07 Å². The number of benzene rings is 1. The van der Waals surface area contributed by atoms with Crippen molar-refractivity contribution < 1.29 is 14.0 Å². The van der Waals surface area contributed by atoms with Crippen LogP contribution in [0.2, 0.25) is 0 Å². The zero-order valence-electron chi connectivity index (χ0n) is 20.8. The molecule has 1 fully saturated rings. The molecule has 1 N–H and O–H groups in total. The minimum atomic E-state index is -0.418. The van der Waals surface area contributed by atoms with Crippen LogP contribution < -0.4 is 0 Å². The fraction of sp³-hybridized carbons (Fsp3) is 0.321. The van der Waals surface area contributed by atoms with E-state index in [2.05, 4.69) is 48.6 Å². The lowest BCUT2D eigenvalue weighted by Crippen LogP contribution is -2.36. The van der Waals surface area contributed by atoms with Gasteiger partial charge in [0.25, 0.3) is 5.89 Å². The molecule has 6 rings (SSSR count).